The molecular weight excluding hydrogens is 114 g/mol. The fourth-order valence-electron chi connectivity index (χ4n) is 2.12. The summed E-state index contributed by atoms with van der Waals surface area (Å²) in [6, 6.07) is 0. The maximum absolute atomic E-state index is 8.61. The molecule has 2 fully saturated rings. The molecule has 0 aromatic heterocycles. The van der Waals surface area contributed by atoms with Gasteiger partial charge < -0.3 is 10.4 Å². The normalized spacial score (nSPS) is 47.0. The first-order chi connectivity index (χ1) is 4.43. The van der Waals surface area contributed by atoms with E-state index < -0.39 is 0 Å². The quantitative estimate of drug-likeness (QED) is 0.540. The Kier molecular flexibility index (Phi) is 1.24. The van der Waals surface area contributed by atoms with Crippen molar-refractivity contribution >= 4 is 0 Å². The minimum atomic E-state index is 0.387. The standard InChI is InChI=1S/C7H13NO/c9-2-1-5-6-3-8-4-7(5)6/h5-9H,1-4H2/t5?,6-,7?/m0/s1. The minimum Gasteiger partial charge on any atom is -0.396 e. The minimum absolute atomic E-state index is 0.387. The van der Waals surface area contributed by atoms with Gasteiger partial charge >= 0.3 is 0 Å². The molecule has 2 rings (SSSR count). The Bertz CT molecular complexity index is 105. The van der Waals surface area contributed by atoms with Gasteiger partial charge in [0.15, 0.2) is 0 Å². The predicted octanol–water partition coefficient (Wildman–Crippen LogP) is -0.166. The van der Waals surface area contributed by atoms with Gasteiger partial charge in [-0.3, -0.25) is 0 Å². The highest BCUT2D eigenvalue weighted by atomic mass is 16.3. The summed E-state index contributed by atoms with van der Waals surface area (Å²) in [5.74, 6) is 2.73. The third-order valence-corrected chi connectivity index (χ3v) is 2.73. The average Bonchev–Trinajstić information content (AvgIpc) is 2.39. The van der Waals surface area contributed by atoms with Crippen molar-refractivity contribution in [2.45, 2.75) is 6.42 Å². The van der Waals surface area contributed by atoms with Crippen LogP contribution in [0.25, 0.3) is 0 Å². The average molecular weight is 127 g/mol. The first-order valence-electron chi connectivity index (χ1n) is 3.75. The molecule has 0 amide bonds. The maximum atomic E-state index is 8.61. The van der Waals surface area contributed by atoms with Gasteiger partial charge in [-0.2, -0.15) is 0 Å². The monoisotopic (exact) mass is 127 g/mol. The van der Waals surface area contributed by atoms with Gasteiger partial charge in [0.25, 0.3) is 0 Å². The zero-order chi connectivity index (χ0) is 6.27. The highest BCUT2D eigenvalue weighted by Crippen LogP contribution is 2.50. The third-order valence-electron chi connectivity index (χ3n) is 2.73. The lowest BCUT2D eigenvalue weighted by Crippen LogP contribution is -2.14. The van der Waals surface area contributed by atoms with E-state index in [2.05, 4.69) is 5.32 Å². The van der Waals surface area contributed by atoms with E-state index in [0.717, 1.165) is 24.2 Å². The lowest BCUT2D eigenvalue weighted by Gasteiger charge is -1.99. The molecule has 52 valence electrons. The number of hydrogen-bond acceptors (Lipinski definition) is 2. The fraction of sp³-hybridized carbons (Fsp3) is 1.00. The van der Waals surface area contributed by atoms with E-state index in [4.69, 9.17) is 5.11 Å². The molecule has 2 unspecified atom stereocenters. The van der Waals surface area contributed by atoms with Crippen molar-refractivity contribution in [1.29, 1.82) is 0 Å². The van der Waals surface area contributed by atoms with Crippen LogP contribution in [0, 0.1) is 17.8 Å². The number of rotatable bonds is 2. The molecule has 1 aliphatic heterocycles. The van der Waals surface area contributed by atoms with Crippen molar-refractivity contribution in [2.24, 2.45) is 17.8 Å². The molecule has 3 atom stereocenters. The second kappa shape index (κ2) is 1.96. The summed E-state index contributed by atoms with van der Waals surface area (Å²) in [5, 5.41) is 11.9. The van der Waals surface area contributed by atoms with Crippen LogP contribution in [0.1, 0.15) is 6.42 Å². The van der Waals surface area contributed by atoms with Crippen molar-refractivity contribution in [3.8, 4) is 0 Å². The lowest BCUT2D eigenvalue weighted by atomic mass is 10.2. The molecule has 0 bridgehead atoms. The van der Waals surface area contributed by atoms with Gasteiger partial charge in [-0.15, -0.1) is 0 Å². The van der Waals surface area contributed by atoms with Crippen LogP contribution >= 0.6 is 0 Å². The molecule has 1 saturated heterocycles. The van der Waals surface area contributed by atoms with E-state index in [1.165, 1.54) is 13.1 Å². The summed E-state index contributed by atoms with van der Waals surface area (Å²) < 4.78 is 0. The maximum Gasteiger partial charge on any atom is 0.0433 e. The number of nitrogens with one attached hydrogen (secondary N) is 1. The Hall–Kier alpha value is -0.0800. The molecule has 2 aliphatic rings. The van der Waals surface area contributed by atoms with Crippen LogP contribution in [0.5, 0.6) is 0 Å². The Balaban J connectivity index is 1.81. The number of hydrogen-bond donors (Lipinski definition) is 2. The SMILES string of the molecule is OCCC1C2CNC[C@@H]12. The molecular formula is C7H13NO. The van der Waals surface area contributed by atoms with E-state index in [1.807, 2.05) is 0 Å². The van der Waals surface area contributed by atoms with Gasteiger partial charge in [0, 0.05) is 6.61 Å². The predicted molar refractivity (Wildman–Crippen MR) is 35.0 cm³/mol. The molecule has 0 aromatic carbocycles. The zero-order valence-electron chi connectivity index (χ0n) is 5.51. The lowest BCUT2D eigenvalue weighted by molar-refractivity contribution is 0.272. The topological polar surface area (TPSA) is 32.3 Å². The summed E-state index contributed by atoms with van der Waals surface area (Å²) >= 11 is 0. The summed E-state index contributed by atoms with van der Waals surface area (Å²) in [5.41, 5.74) is 0. The van der Waals surface area contributed by atoms with Crippen LogP contribution < -0.4 is 5.32 Å². The summed E-state index contributed by atoms with van der Waals surface area (Å²) in [6.07, 6.45) is 1.04. The Morgan fingerprint density at radius 2 is 2.00 bits per heavy atom. The zero-order valence-corrected chi connectivity index (χ0v) is 5.51. The highest BCUT2D eigenvalue weighted by molar-refractivity contribution is 5.03. The fourth-order valence-corrected chi connectivity index (χ4v) is 2.12. The first-order valence-corrected chi connectivity index (χ1v) is 3.75. The number of piperidine rings is 1. The van der Waals surface area contributed by atoms with Crippen LogP contribution in [0.3, 0.4) is 0 Å². The molecule has 0 spiro atoms. The largest absolute Gasteiger partial charge is 0.396 e. The van der Waals surface area contributed by atoms with Crippen molar-refractivity contribution < 1.29 is 5.11 Å². The second-order valence-corrected chi connectivity index (χ2v) is 3.16. The van der Waals surface area contributed by atoms with Crippen LogP contribution in [0.15, 0.2) is 0 Å². The van der Waals surface area contributed by atoms with Gasteiger partial charge in [-0.25, -0.2) is 0 Å². The summed E-state index contributed by atoms with van der Waals surface area (Å²) in [4.78, 5) is 0. The first kappa shape index (κ1) is 5.69. The highest BCUT2D eigenvalue weighted by Gasteiger charge is 2.51. The number of aliphatic hydroxyl groups is 1. The Labute approximate surface area is 55.3 Å². The summed E-state index contributed by atoms with van der Waals surface area (Å²) in [6.45, 7) is 2.79. The molecule has 2 heteroatoms. The van der Waals surface area contributed by atoms with Gasteiger partial charge in [0.2, 0.25) is 0 Å². The Morgan fingerprint density at radius 3 is 2.56 bits per heavy atom. The molecule has 1 saturated carbocycles. The van der Waals surface area contributed by atoms with Gasteiger partial charge in [0.05, 0.1) is 0 Å². The van der Waals surface area contributed by atoms with Crippen LogP contribution in [-0.4, -0.2) is 24.8 Å². The van der Waals surface area contributed by atoms with Crippen molar-refractivity contribution in [1.82, 2.24) is 5.32 Å². The molecule has 2 nitrogen and oxygen atoms in total. The van der Waals surface area contributed by atoms with Gasteiger partial charge in [-0.1, -0.05) is 0 Å². The molecule has 9 heavy (non-hydrogen) atoms. The van der Waals surface area contributed by atoms with Crippen molar-refractivity contribution in [2.75, 3.05) is 19.7 Å². The Morgan fingerprint density at radius 1 is 1.33 bits per heavy atom. The van der Waals surface area contributed by atoms with Gasteiger partial charge in [-0.05, 0) is 37.3 Å². The molecule has 2 N–H and O–H groups in total. The smallest absolute Gasteiger partial charge is 0.0433 e. The number of fused-ring (bicyclic) bond motifs is 1. The van der Waals surface area contributed by atoms with Crippen molar-refractivity contribution in [3.05, 3.63) is 0 Å². The third kappa shape index (κ3) is 0.775. The van der Waals surface area contributed by atoms with E-state index >= 15 is 0 Å². The molecule has 1 aliphatic carbocycles. The molecule has 0 radical (unpaired) electrons. The molecule has 1 heterocycles. The van der Waals surface area contributed by atoms with Crippen LogP contribution in [0.4, 0.5) is 0 Å². The van der Waals surface area contributed by atoms with Crippen LogP contribution in [-0.2, 0) is 0 Å². The number of aliphatic hydroxyl groups excluding tert-OH is 1. The van der Waals surface area contributed by atoms with Crippen molar-refractivity contribution in [3.63, 3.8) is 0 Å². The van der Waals surface area contributed by atoms with Crippen LogP contribution in [0.2, 0.25) is 0 Å². The van der Waals surface area contributed by atoms with E-state index in [0.29, 0.717) is 6.61 Å². The van der Waals surface area contributed by atoms with E-state index in [-0.39, 0.29) is 0 Å². The molecule has 0 aromatic rings. The van der Waals surface area contributed by atoms with Gasteiger partial charge in [0.1, 0.15) is 0 Å². The second-order valence-electron chi connectivity index (χ2n) is 3.16. The van der Waals surface area contributed by atoms with E-state index in [1.54, 1.807) is 0 Å². The summed E-state index contributed by atoms with van der Waals surface area (Å²) in [7, 11) is 0. The van der Waals surface area contributed by atoms with E-state index in [9.17, 15) is 0 Å².